The summed E-state index contributed by atoms with van der Waals surface area (Å²) in [5.74, 6) is 0. The Morgan fingerprint density at radius 2 is 2.00 bits per heavy atom. The van der Waals surface area contributed by atoms with Crippen molar-refractivity contribution >= 4 is 10.0 Å². The molecule has 1 aromatic carbocycles. The Labute approximate surface area is 123 Å². The first kappa shape index (κ1) is 14.0. The minimum Gasteiger partial charge on any atom is -0.366 e. The van der Waals surface area contributed by atoms with E-state index in [4.69, 9.17) is 0 Å². The van der Waals surface area contributed by atoms with Crippen LogP contribution in [0.3, 0.4) is 0 Å². The van der Waals surface area contributed by atoms with Gasteiger partial charge in [-0.3, -0.25) is 4.79 Å². The molecule has 1 heterocycles. The molecular formula is C15H16N2O3S. The van der Waals surface area contributed by atoms with E-state index in [0.29, 0.717) is 0 Å². The second kappa shape index (κ2) is 5.46. The van der Waals surface area contributed by atoms with Gasteiger partial charge in [0.15, 0.2) is 0 Å². The SMILES string of the molecule is O=c1cc[nH]cc1S(=O)(=O)NC1CCCc2ccccc21. The third kappa shape index (κ3) is 2.77. The Balaban J connectivity index is 1.95. The molecule has 1 aromatic heterocycles. The summed E-state index contributed by atoms with van der Waals surface area (Å²) >= 11 is 0. The number of benzene rings is 1. The average Bonchev–Trinajstić information content (AvgIpc) is 2.47. The summed E-state index contributed by atoms with van der Waals surface area (Å²) in [6.45, 7) is 0. The molecule has 1 aliphatic rings. The van der Waals surface area contributed by atoms with Crippen LogP contribution in [0, 0.1) is 0 Å². The number of nitrogens with one attached hydrogen (secondary N) is 2. The zero-order valence-electron chi connectivity index (χ0n) is 11.4. The van der Waals surface area contributed by atoms with Crippen molar-refractivity contribution in [3.8, 4) is 0 Å². The lowest BCUT2D eigenvalue weighted by Gasteiger charge is -2.26. The first-order valence-electron chi connectivity index (χ1n) is 6.85. The van der Waals surface area contributed by atoms with E-state index in [1.807, 2.05) is 24.3 Å². The summed E-state index contributed by atoms with van der Waals surface area (Å²) < 4.78 is 27.5. The molecule has 0 fully saturated rings. The Morgan fingerprint density at radius 1 is 1.19 bits per heavy atom. The highest BCUT2D eigenvalue weighted by Gasteiger charge is 2.26. The fourth-order valence-corrected chi connectivity index (χ4v) is 4.04. The highest BCUT2D eigenvalue weighted by molar-refractivity contribution is 7.89. The Kier molecular flexibility index (Phi) is 3.65. The second-order valence-corrected chi connectivity index (χ2v) is 6.82. The smallest absolute Gasteiger partial charge is 0.246 e. The van der Waals surface area contributed by atoms with Crippen LogP contribution in [0.15, 0.2) is 52.4 Å². The molecule has 3 rings (SSSR count). The molecule has 0 radical (unpaired) electrons. The summed E-state index contributed by atoms with van der Waals surface area (Å²) in [6, 6.07) is 8.75. The number of aromatic amines is 1. The van der Waals surface area contributed by atoms with E-state index in [2.05, 4.69) is 9.71 Å². The van der Waals surface area contributed by atoms with Crippen molar-refractivity contribution in [2.24, 2.45) is 0 Å². The number of aryl methyl sites for hydroxylation is 1. The monoisotopic (exact) mass is 304 g/mol. The van der Waals surface area contributed by atoms with E-state index in [1.54, 1.807) is 0 Å². The van der Waals surface area contributed by atoms with Gasteiger partial charge in [-0.2, -0.15) is 0 Å². The molecular weight excluding hydrogens is 288 g/mol. The van der Waals surface area contributed by atoms with Crippen molar-refractivity contribution in [3.05, 3.63) is 64.1 Å². The summed E-state index contributed by atoms with van der Waals surface area (Å²) in [5, 5.41) is 0. The maximum atomic E-state index is 12.4. The predicted molar refractivity (Wildman–Crippen MR) is 79.5 cm³/mol. The van der Waals surface area contributed by atoms with E-state index >= 15 is 0 Å². The lowest BCUT2D eigenvalue weighted by molar-refractivity contribution is 0.507. The van der Waals surface area contributed by atoms with Crippen LogP contribution in [0.4, 0.5) is 0 Å². The number of sulfonamides is 1. The number of rotatable bonds is 3. The number of aromatic nitrogens is 1. The van der Waals surface area contributed by atoms with Crippen molar-refractivity contribution in [2.45, 2.75) is 30.2 Å². The molecule has 5 nitrogen and oxygen atoms in total. The highest BCUT2D eigenvalue weighted by Crippen LogP contribution is 2.30. The van der Waals surface area contributed by atoms with E-state index in [0.717, 1.165) is 24.8 Å². The zero-order valence-corrected chi connectivity index (χ0v) is 12.2. The van der Waals surface area contributed by atoms with Gasteiger partial charge in [-0.15, -0.1) is 0 Å². The van der Waals surface area contributed by atoms with Crippen LogP contribution in [0.1, 0.15) is 30.0 Å². The van der Waals surface area contributed by atoms with Crippen LogP contribution in [0.5, 0.6) is 0 Å². The molecule has 21 heavy (non-hydrogen) atoms. The van der Waals surface area contributed by atoms with Gasteiger partial charge in [-0.05, 0) is 30.4 Å². The number of hydrogen-bond donors (Lipinski definition) is 2. The van der Waals surface area contributed by atoms with Gasteiger partial charge in [0.05, 0.1) is 0 Å². The number of pyridine rings is 1. The van der Waals surface area contributed by atoms with Crippen LogP contribution >= 0.6 is 0 Å². The zero-order chi connectivity index (χ0) is 14.9. The molecule has 1 atom stereocenters. The van der Waals surface area contributed by atoms with Gasteiger partial charge < -0.3 is 4.98 Å². The standard InChI is InChI=1S/C15H16N2O3S/c18-14-8-9-16-10-15(14)21(19,20)17-13-7-3-5-11-4-1-2-6-12(11)13/h1-2,4,6,8-10,13,17H,3,5,7H2,(H,16,18). The first-order chi connectivity index (χ1) is 10.1. The van der Waals surface area contributed by atoms with Gasteiger partial charge in [0.2, 0.25) is 15.5 Å². The van der Waals surface area contributed by atoms with Gasteiger partial charge >= 0.3 is 0 Å². The van der Waals surface area contributed by atoms with Gasteiger partial charge in [-0.1, -0.05) is 24.3 Å². The summed E-state index contributed by atoms with van der Waals surface area (Å²) in [5.41, 5.74) is 1.66. The van der Waals surface area contributed by atoms with Gasteiger partial charge in [0.1, 0.15) is 4.90 Å². The van der Waals surface area contributed by atoms with Crippen molar-refractivity contribution in [3.63, 3.8) is 0 Å². The molecule has 1 unspecified atom stereocenters. The van der Waals surface area contributed by atoms with Crippen molar-refractivity contribution < 1.29 is 8.42 Å². The van der Waals surface area contributed by atoms with Crippen LogP contribution in [-0.2, 0) is 16.4 Å². The molecule has 0 bridgehead atoms. The van der Waals surface area contributed by atoms with E-state index < -0.39 is 15.5 Å². The molecule has 0 saturated heterocycles. The summed E-state index contributed by atoms with van der Waals surface area (Å²) in [4.78, 5) is 14.1. The molecule has 0 saturated carbocycles. The second-order valence-electron chi connectivity index (χ2n) is 5.14. The number of H-pyrrole nitrogens is 1. The molecule has 6 heteroatoms. The highest BCUT2D eigenvalue weighted by atomic mass is 32.2. The predicted octanol–water partition coefficient (Wildman–Crippen LogP) is 1.73. The minimum atomic E-state index is -3.83. The minimum absolute atomic E-state index is 0.243. The maximum Gasteiger partial charge on any atom is 0.246 e. The van der Waals surface area contributed by atoms with Crippen LogP contribution in [-0.4, -0.2) is 13.4 Å². The average molecular weight is 304 g/mol. The Bertz CT molecular complexity index is 811. The molecule has 0 aliphatic heterocycles. The molecule has 0 spiro atoms. The quantitative estimate of drug-likeness (QED) is 0.906. The fourth-order valence-electron chi connectivity index (χ4n) is 2.74. The third-order valence-electron chi connectivity index (χ3n) is 3.74. The molecule has 2 N–H and O–H groups in total. The van der Waals surface area contributed by atoms with Crippen molar-refractivity contribution in [1.29, 1.82) is 0 Å². The number of hydrogen-bond acceptors (Lipinski definition) is 3. The molecule has 110 valence electrons. The summed E-state index contributed by atoms with van der Waals surface area (Å²) in [7, 11) is -3.83. The van der Waals surface area contributed by atoms with Gasteiger partial charge in [-0.25, -0.2) is 13.1 Å². The first-order valence-corrected chi connectivity index (χ1v) is 8.33. The van der Waals surface area contributed by atoms with Crippen LogP contribution < -0.4 is 10.2 Å². The topological polar surface area (TPSA) is 79.0 Å². The Morgan fingerprint density at radius 3 is 2.81 bits per heavy atom. The van der Waals surface area contributed by atoms with Crippen LogP contribution in [0.2, 0.25) is 0 Å². The largest absolute Gasteiger partial charge is 0.366 e. The Hall–Kier alpha value is -1.92. The van der Waals surface area contributed by atoms with Gasteiger partial charge in [0, 0.05) is 24.5 Å². The normalized spacial score (nSPS) is 18.2. The fraction of sp³-hybridized carbons (Fsp3) is 0.267. The summed E-state index contributed by atoms with van der Waals surface area (Å²) in [6.07, 6.45) is 5.26. The lowest BCUT2D eigenvalue weighted by atomic mass is 9.88. The van der Waals surface area contributed by atoms with E-state index in [9.17, 15) is 13.2 Å². The molecule has 1 aliphatic carbocycles. The van der Waals surface area contributed by atoms with E-state index in [-0.39, 0.29) is 10.9 Å². The van der Waals surface area contributed by atoms with Crippen LogP contribution in [0.25, 0.3) is 0 Å². The molecule has 2 aromatic rings. The van der Waals surface area contributed by atoms with Crippen molar-refractivity contribution in [1.82, 2.24) is 9.71 Å². The van der Waals surface area contributed by atoms with Crippen molar-refractivity contribution in [2.75, 3.05) is 0 Å². The maximum absolute atomic E-state index is 12.4. The lowest BCUT2D eigenvalue weighted by Crippen LogP contribution is -2.33. The molecule has 0 amide bonds. The van der Waals surface area contributed by atoms with E-state index in [1.165, 1.54) is 24.0 Å². The number of fused-ring (bicyclic) bond motifs is 1. The third-order valence-corrected chi connectivity index (χ3v) is 5.24. The van der Waals surface area contributed by atoms with Gasteiger partial charge in [0.25, 0.3) is 0 Å².